The highest BCUT2D eigenvalue weighted by Crippen LogP contribution is 2.26. The summed E-state index contributed by atoms with van der Waals surface area (Å²) in [6.45, 7) is 3.12. The molecule has 0 saturated carbocycles. The molecule has 0 bridgehead atoms. The molecule has 1 unspecified atom stereocenters. The van der Waals surface area contributed by atoms with Gasteiger partial charge in [0.05, 0.1) is 4.92 Å². The Balaban J connectivity index is 2.13. The number of nitro groups is 1. The van der Waals surface area contributed by atoms with Crippen molar-refractivity contribution < 1.29 is 14.8 Å². The number of pyridine rings is 1. The van der Waals surface area contributed by atoms with Gasteiger partial charge in [0.2, 0.25) is 0 Å². The Morgan fingerprint density at radius 1 is 1.65 bits per heavy atom. The molecule has 1 aromatic rings. The third-order valence-corrected chi connectivity index (χ3v) is 3.57. The fourth-order valence-corrected chi connectivity index (χ4v) is 2.58. The largest absolute Gasteiger partial charge is 0.481 e. The molecule has 1 saturated heterocycles. The monoisotopic (exact) mass is 279 g/mol. The van der Waals surface area contributed by atoms with Crippen molar-refractivity contribution in [3.05, 3.63) is 27.9 Å². The molecule has 108 valence electrons. The van der Waals surface area contributed by atoms with Crippen molar-refractivity contribution in [1.29, 1.82) is 0 Å². The summed E-state index contributed by atoms with van der Waals surface area (Å²) >= 11 is 0. The van der Waals surface area contributed by atoms with Gasteiger partial charge in [-0.25, -0.2) is 4.98 Å². The number of aromatic nitrogens is 1. The number of carboxylic acids is 1. The quantitative estimate of drug-likeness (QED) is 0.668. The number of piperidine rings is 1. The molecule has 1 aliphatic rings. The lowest BCUT2D eigenvalue weighted by atomic mass is 9.95. The predicted molar refractivity (Wildman–Crippen MR) is 72.8 cm³/mol. The molecule has 0 aliphatic carbocycles. The zero-order chi connectivity index (χ0) is 14.7. The van der Waals surface area contributed by atoms with Crippen LogP contribution >= 0.6 is 0 Å². The number of anilines is 1. The molecule has 1 N–H and O–H groups in total. The molecule has 2 rings (SSSR count). The van der Waals surface area contributed by atoms with Crippen molar-refractivity contribution in [2.24, 2.45) is 5.92 Å². The Kier molecular flexibility index (Phi) is 4.16. The second kappa shape index (κ2) is 5.85. The third kappa shape index (κ3) is 3.23. The first-order valence-electron chi connectivity index (χ1n) is 6.55. The number of rotatable bonds is 4. The lowest BCUT2D eigenvalue weighted by molar-refractivity contribution is -0.385. The average molecular weight is 279 g/mol. The van der Waals surface area contributed by atoms with Crippen molar-refractivity contribution in [1.82, 2.24) is 4.98 Å². The molecule has 7 heteroatoms. The van der Waals surface area contributed by atoms with E-state index in [2.05, 4.69) is 4.98 Å². The number of carbonyl (C=O) groups is 1. The minimum atomic E-state index is -0.787. The van der Waals surface area contributed by atoms with E-state index in [4.69, 9.17) is 5.11 Å². The van der Waals surface area contributed by atoms with E-state index in [9.17, 15) is 14.9 Å². The maximum atomic E-state index is 10.8. The normalized spacial score (nSPS) is 18.9. The molecule has 1 aromatic heterocycles. The van der Waals surface area contributed by atoms with Crippen LogP contribution in [0.4, 0.5) is 11.5 Å². The fraction of sp³-hybridized carbons (Fsp3) is 0.538. The van der Waals surface area contributed by atoms with E-state index in [-0.39, 0.29) is 18.0 Å². The van der Waals surface area contributed by atoms with Crippen LogP contribution in [-0.4, -0.2) is 34.1 Å². The maximum Gasteiger partial charge on any atom is 0.303 e. The molecule has 1 aliphatic heterocycles. The first-order valence-corrected chi connectivity index (χ1v) is 6.55. The van der Waals surface area contributed by atoms with Gasteiger partial charge >= 0.3 is 5.97 Å². The molecule has 1 fully saturated rings. The zero-order valence-corrected chi connectivity index (χ0v) is 11.3. The molecule has 0 amide bonds. The van der Waals surface area contributed by atoms with Crippen LogP contribution in [0.15, 0.2) is 12.3 Å². The predicted octanol–water partition coefficient (Wildman–Crippen LogP) is 1.99. The van der Waals surface area contributed by atoms with Gasteiger partial charge in [-0.2, -0.15) is 0 Å². The molecule has 7 nitrogen and oxygen atoms in total. The minimum absolute atomic E-state index is 0.00726. The van der Waals surface area contributed by atoms with Crippen LogP contribution in [0, 0.1) is 23.0 Å². The summed E-state index contributed by atoms with van der Waals surface area (Å²) in [5.41, 5.74) is 0.577. The van der Waals surface area contributed by atoms with Crippen molar-refractivity contribution in [3.8, 4) is 0 Å². The molecule has 20 heavy (non-hydrogen) atoms. The smallest absolute Gasteiger partial charge is 0.303 e. The number of aryl methyl sites for hydroxylation is 1. The molecule has 2 heterocycles. The van der Waals surface area contributed by atoms with E-state index >= 15 is 0 Å². The Labute approximate surface area is 116 Å². The standard InChI is InChI=1S/C13H17N3O4/c1-9-5-12(14-7-11(9)16(19)20)15-4-2-3-10(8-15)6-13(17)18/h5,7,10H,2-4,6,8H2,1H3,(H,17,18). The summed E-state index contributed by atoms with van der Waals surface area (Å²) in [5.74, 6) is 0.00595. The Hall–Kier alpha value is -2.18. The minimum Gasteiger partial charge on any atom is -0.481 e. The van der Waals surface area contributed by atoms with Crippen LogP contribution in [0.1, 0.15) is 24.8 Å². The number of hydrogen-bond donors (Lipinski definition) is 1. The van der Waals surface area contributed by atoms with Crippen LogP contribution in [0.2, 0.25) is 0 Å². The van der Waals surface area contributed by atoms with E-state index in [0.717, 1.165) is 19.4 Å². The number of aliphatic carboxylic acids is 1. The number of nitrogens with zero attached hydrogens (tertiary/aromatic N) is 3. The molecule has 1 atom stereocenters. The van der Waals surface area contributed by atoms with Gasteiger partial charge in [0, 0.05) is 25.1 Å². The van der Waals surface area contributed by atoms with E-state index in [0.29, 0.717) is 17.9 Å². The highest BCUT2D eigenvalue weighted by molar-refractivity contribution is 5.67. The lowest BCUT2D eigenvalue weighted by Crippen LogP contribution is -2.36. The topological polar surface area (TPSA) is 96.6 Å². The molecule has 0 radical (unpaired) electrons. The number of carboxylic acid groups (broad SMARTS) is 1. The number of hydrogen-bond acceptors (Lipinski definition) is 5. The van der Waals surface area contributed by atoms with Gasteiger partial charge < -0.3 is 10.0 Å². The lowest BCUT2D eigenvalue weighted by Gasteiger charge is -2.33. The van der Waals surface area contributed by atoms with Crippen molar-refractivity contribution >= 4 is 17.5 Å². The second-order valence-electron chi connectivity index (χ2n) is 5.14. The summed E-state index contributed by atoms with van der Waals surface area (Å²) < 4.78 is 0. The fourth-order valence-electron chi connectivity index (χ4n) is 2.58. The summed E-state index contributed by atoms with van der Waals surface area (Å²) in [7, 11) is 0. The van der Waals surface area contributed by atoms with Crippen LogP contribution in [0.3, 0.4) is 0 Å². The Morgan fingerprint density at radius 3 is 3.00 bits per heavy atom. The van der Waals surface area contributed by atoms with Gasteiger partial charge in [-0.15, -0.1) is 0 Å². The Morgan fingerprint density at radius 2 is 2.40 bits per heavy atom. The van der Waals surface area contributed by atoms with Crippen LogP contribution in [0.5, 0.6) is 0 Å². The van der Waals surface area contributed by atoms with Gasteiger partial charge in [-0.1, -0.05) is 0 Å². The highest BCUT2D eigenvalue weighted by atomic mass is 16.6. The van der Waals surface area contributed by atoms with Crippen molar-refractivity contribution in [2.75, 3.05) is 18.0 Å². The van der Waals surface area contributed by atoms with E-state index in [1.165, 1.54) is 6.20 Å². The maximum absolute atomic E-state index is 10.8. The van der Waals surface area contributed by atoms with Gasteiger partial charge in [-0.3, -0.25) is 14.9 Å². The molecule has 0 spiro atoms. The van der Waals surface area contributed by atoms with Crippen LogP contribution in [0.25, 0.3) is 0 Å². The highest BCUT2D eigenvalue weighted by Gasteiger charge is 2.24. The first kappa shape index (κ1) is 14.2. The molecular weight excluding hydrogens is 262 g/mol. The zero-order valence-electron chi connectivity index (χ0n) is 11.3. The van der Waals surface area contributed by atoms with Gasteiger partial charge in [0.25, 0.3) is 5.69 Å². The summed E-state index contributed by atoms with van der Waals surface area (Å²) in [6.07, 6.45) is 3.23. The molecular formula is C13H17N3O4. The van der Waals surface area contributed by atoms with E-state index in [1.54, 1.807) is 13.0 Å². The van der Waals surface area contributed by atoms with Gasteiger partial charge in [0.15, 0.2) is 0 Å². The van der Waals surface area contributed by atoms with Gasteiger partial charge in [-0.05, 0) is 31.7 Å². The van der Waals surface area contributed by atoms with Crippen LogP contribution < -0.4 is 4.90 Å². The average Bonchev–Trinajstić information content (AvgIpc) is 2.37. The Bertz CT molecular complexity index is 532. The van der Waals surface area contributed by atoms with Crippen molar-refractivity contribution in [3.63, 3.8) is 0 Å². The second-order valence-corrected chi connectivity index (χ2v) is 5.14. The third-order valence-electron chi connectivity index (χ3n) is 3.57. The molecule has 0 aromatic carbocycles. The van der Waals surface area contributed by atoms with E-state index in [1.807, 2.05) is 4.90 Å². The van der Waals surface area contributed by atoms with Crippen LogP contribution in [-0.2, 0) is 4.79 Å². The van der Waals surface area contributed by atoms with E-state index < -0.39 is 10.9 Å². The summed E-state index contributed by atoms with van der Waals surface area (Å²) in [4.78, 5) is 27.2. The van der Waals surface area contributed by atoms with Crippen molar-refractivity contribution in [2.45, 2.75) is 26.2 Å². The summed E-state index contributed by atoms with van der Waals surface area (Å²) in [6, 6.07) is 1.70. The first-order chi connectivity index (χ1) is 9.47. The van der Waals surface area contributed by atoms with Gasteiger partial charge in [0.1, 0.15) is 12.0 Å². The SMILES string of the molecule is Cc1cc(N2CCCC(CC(=O)O)C2)ncc1[N+](=O)[O-]. The summed E-state index contributed by atoms with van der Waals surface area (Å²) in [5, 5.41) is 19.6.